The van der Waals surface area contributed by atoms with Crippen molar-refractivity contribution in [3.8, 4) is 0 Å². The van der Waals surface area contributed by atoms with E-state index in [1.807, 2.05) is 91.0 Å². The molecule has 9 N–H and O–H groups in total. The summed E-state index contributed by atoms with van der Waals surface area (Å²) in [6, 6.07) is 24.9. The number of hydrogen-bond donors (Lipinski definition) is 7. The van der Waals surface area contributed by atoms with E-state index in [1.54, 1.807) is 4.90 Å². The van der Waals surface area contributed by atoms with Crippen molar-refractivity contribution in [2.75, 3.05) is 13.1 Å². The molecule has 63 heavy (non-hydrogen) atoms. The van der Waals surface area contributed by atoms with Gasteiger partial charge in [-0.2, -0.15) is 0 Å². The minimum absolute atomic E-state index is 0.0448. The Morgan fingerprint density at radius 1 is 0.746 bits per heavy atom. The highest BCUT2D eigenvalue weighted by atomic mass is 16.4. The molecule has 5 amide bonds. The Labute approximate surface area is 369 Å². The predicted molar refractivity (Wildman–Crippen MR) is 239 cm³/mol. The summed E-state index contributed by atoms with van der Waals surface area (Å²) in [6.45, 7) is 0.333. The molecule has 15 nitrogen and oxygen atoms in total. The van der Waals surface area contributed by atoms with Gasteiger partial charge in [-0.15, -0.1) is 0 Å². The van der Waals surface area contributed by atoms with E-state index >= 15 is 0 Å². The summed E-state index contributed by atoms with van der Waals surface area (Å²) in [4.78, 5) is 87.6. The van der Waals surface area contributed by atoms with Gasteiger partial charge in [-0.25, -0.2) is 0 Å². The Hall–Kier alpha value is -6.25. The number of piperidine rings is 1. The van der Waals surface area contributed by atoms with Gasteiger partial charge in [0.2, 0.25) is 29.5 Å². The van der Waals surface area contributed by atoms with E-state index in [9.17, 15) is 33.9 Å². The predicted octanol–water partition coefficient (Wildman–Crippen LogP) is 3.51. The number of nitrogens with zero attached hydrogens (tertiary/aromatic N) is 2. The summed E-state index contributed by atoms with van der Waals surface area (Å²) in [7, 11) is 0. The maximum atomic E-state index is 14.5. The second-order valence-corrected chi connectivity index (χ2v) is 17.1. The molecule has 3 aromatic carbocycles. The first-order valence-electron chi connectivity index (χ1n) is 22.4. The molecule has 0 bridgehead atoms. The van der Waals surface area contributed by atoms with Gasteiger partial charge in [-0.3, -0.25) is 33.8 Å². The number of nitrogens with one attached hydrogen (secondary N) is 4. The van der Waals surface area contributed by atoms with Crippen LogP contribution < -0.4 is 32.7 Å². The number of carbonyl (C=O) groups excluding carboxylic acids is 5. The molecule has 3 fully saturated rings. The average Bonchev–Trinajstić information content (AvgIpc) is 3.66. The first kappa shape index (κ1) is 46.3. The minimum Gasteiger partial charge on any atom is -0.481 e. The van der Waals surface area contributed by atoms with Crippen molar-refractivity contribution >= 4 is 41.5 Å². The number of aliphatic carboxylic acids is 1. The number of benzene rings is 3. The molecule has 2 heterocycles. The number of carboxylic acid groups (broad SMARTS) is 1. The fourth-order valence-corrected chi connectivity index (χ4v) is 9.56. The SMILES string of the molecule is NC(N)=NCCC[C@H](NC(=O)[C@@H]1C[C@H](Cc2ccccc2)C2CC[C@H](NC(=O)C3CCCCC3)C(=O)N21)C(=O)N[C@@H](CC(=O)O)C(=O)NCCC(c1ccccc1)c1ccccc1. The number of carboxylic acids is 1. The van der Waals surface area contributed by atoms with E-state index in [1.165, 1.54) is 0 Å². The van der Waals surface area contributed by atoms with Gasteiger partial charge in [0.05, 0.1) is 6.42 Å². The molecule has 2 aliphatic heterocycles. The third-order valence-electron chi connectivity index (χ3n) is 12.7. The van der Waals surface area contributed by atoms with Gasteiger partial charge in [-0.05, 0) is 80.4 Å². The van der Waals surface area contributed by atoms with E-state index in [0.717, 1.165) is 48.8 Å². The summed E-state index contributed by atoms with van der Waals surface area (Å²) < 4.78 is 0. The van der Waals surface area contributed by atoms with Crippen molar-refractivity contribution < 1.29 is 33.9 Å². The minimum atomic E-state index is -1.46. The standard InChI is InChI=1S/C48H62N8O7/c49-48(50)52-26-13-22-37(45(61)55-39(30-42(57)58)44(60)51-27-25-36(32-16-7-2-8-17-32)33-18-9-3-10-19-33)53-46(62)41-29-35(28-31-14-5-1-6-15-31)40-24-23-38(47(63)56(40)41)54-43(59)34-20-11-4-12-21-34/h1-3,5-10,14-19,34-41H,4,11-13,20-30H2,(H,51,60)(H,53,62)(H,54,59)(H,55,61)(H,57,58)(H4,49,50,52)/t35-,37-,38-,39-,40?,41-/m0/s1. The summed E-state index contributed by atoms with van der Waals surface area (Å²) >= 11 is 0. The van der Waals surface area contributed by atoms with Crippen LogP contribution in [0.4, 0.5) is 0 Å². The van der Waals surface area contributed by atoms with Crippen LogP contribution in [0.5, 0.6) is 0 Å². The Bertz CT molecular complexity index is 2000. The molecular weight excluding hydrogens is 801 g/mol. The molecule has 1 unspecified atom stereocenters. The van der Waals surface area contributed by atoms with Crippen LogP contribution in [0.3, 0.4) is 0 Å². The zero-order chi connectivity index (χ0) is 44.7. The average molecular weight is 863 g/mol. The summed E-state index contributed by atoms with van der Waals surface area (Å²) in [5.41, 5.74) is 14.3. The molecule has 3 aromatic rings. The number of guanidine groups is 1. The first-order chi connectivity index (χ1) is 30.5. The fourth-order valence-electron chi connectivity index (χ4n) is 9.56. The highest BCUT2D eigenvalue weighted by Crippen LogP contribution is 2.39. The molecular formula is C48H62N8O7. The van der Waals surface area contributed by atoms with Gasteiger partial charge < -0.3 is 42.7 Å². The number of amides is 5. The lowest BCUT2D eigenvalue weighted by Gasteiger charge is -2.39. The second kappa shape index (κ2) is 22.7. The number of nitrogens with two attached hydrogens (primary N) is 2. The van der Waals surface area contributed by atoms with Gasteiger partial charge >= 0.3 is 5.97 Å². The number of aliphatic imine (C=N–C) groups is 1. The van der Waals surface area contributed by atoms with Crippen molar-refractivity contribution in [1.29, 1.82) is 0 Å². The molecule has 1 aliphatic carbocycles. The molecule has 0 aromatic heterocycles. The molecule has 6 atom stereocenters. The van der Waals surface area contributed by atoms with Crippen molar-refractivity contribution in [2.45, 2.75) is 120 Å². The van der Waals surface area contributed by atoms with Crippen molar-refractivity contribution in [3.05, 3.63) is 108 Å². The van der Waals surface area contributed by atoms with Crippen LogP contribution in [-0.2, 0) is 35.2 Å². The third kappa shape index (κ3) is 12.9. The second-order valence-electron chi connectivity index (χ2n) is 17.1. The molecule has 15 heteroatoms. The van der Waals surface area contributed by atoms with E-state index in [4.69, 9.17) is 11.5 Å². The van der Waals surface area contributed by atoms with Crippen LogP contribution in [0.25, 0.3) is 0 Å². The molecule has 1 saturated carbocycles. The third-order valence-corrected chi connectivity index (χ3v) is 12.7. The van der Waals surface area contributed by atoms with Crippen LogP contribution in [0, 0.1) is 11.8 Å². The maximum absolute atomic E-state index is 14.5. The summed E-state index contributed by atoms with van der Waals surface area (Å²) in [6.07, 6.45) is 6.73. The summed E-state index contributed by atoms with van der Waals surface area (Å²) in [5.74, 6) is -4.16. The highest BCUT2D eigenvalue weighted by Gasteiger charge is 2.51. The zero-order valence-corrected chi connectivity index (χ0v) is 35.8. The van der Waals surface area contributed by atoms with Gasteiger partial charge in [-0.1, -0.05) is 110 Å². The number of carbonyl (C=O) groups is 6. The molecule has 2 saturated heterocycles. The Kier molecular flexibility index (Phi) is 16.7. The van der Waals surface area contributed by atoms with E-state index < -0.39 is 54.3 Å². The monoisotopic (exact) mass is 862 g/mol. The van der Waals surface area contributed by atoms with Crippen LogP contribution >= 0.6 is 0 Å². The van der Waals surface area contributed by atoms with E-state index in [2.05, 4.69) is 26.3 Å². The van der Waals surface area contributed by atoms with Crippen LogP contribution in [0.15, 0.2) is 96.0 Å². The molecule has 336 valence electrons. The summed E-state index contributed by atoms with van der Waals surface area (Å²) in [5, 5.41) is 21.1. The van der Waals surface area contributed by atoms with Crippen LogP contribution in [0.2, 0.25) is 0 Å². The van der Waals surface area contributed by atoms with E-state index in [-0.39, 0.29) is 67.5 Å². The Morgan fingerprint density at radius 2 is 1.38 bits per heavy atom. The number of fused-ring (bicyclic) bond motifs is 1. The molecule has 3 aliphatic rings. The zero-order valence-electron chi connectivity index (χ0n) is 35.8. The van der Waals surface area contributed by atoms with Crippen molar-refractivity contribution in [2.24, 2.45) is 28.3 Å². The Balaban J connectivity index is 1.17. The molecule has 0 spiro atoms. The largest absolute Gasteiger partial charge is 0.481 e. The molecule has 0 radical (unpaired) electrons. The van der Waals surface area contributed by atoms with Crippen molar-refractivity contribution in [3.63, 3.8) is 0 Å². The van der Waals surface area contributed by atoms with Crippen molar-refractivity contribution in [1.82, 2.24) is 26.2 Å². The fraction of sp³-hybridized carbons (Fsp3) is 0.479. The lowest BCUT2D eigenvalue weighted by Crippen LogP contribution is -2.61. The lowest BCUT2D eigenvalue weighted by atomic mass is 9.86. The van der Waals surface area contributed by atoms with Crippen LogP contribution in [0.1, 0.15) is 99.7 Å². The number of hydrogen-bond acceptors (Lipinski definition) is 7. The number of rotatable bonds is 20. The van der Waals surface area contributed by atoms with Gasteiger partial charge in [0.1, 0.15) is 24.2 Å². The van der Waals surface area contributed by atoms with Gasteiger partial charge in [0, 0.05) is 31.0 Å². The Morgan fingerprint density at radius 3 is 2.00 bits per heavy atom. The van der Waals surface area contributed by atoms with Gasteiger partial charge in [0.15, 0.2) is 5.96 Å². The smallest absolute Gasteiger partial charge is 0.305 e. The highest BCUT2D eigenvalue weighted by molar-refractivity contribution is 5.97. The topological polar surface area (TPSA) is 238 Å². The quantitative estimate of drug-likeness (QED) is 0.0499. The molecule has 6 rings (SSSR count). The lowest BCUT2D eigenvalue weighted by molar-refractivity contribution is -0.147. The van der Waals surface area contributed by atoms with E-state index in [0.29, 0.717) is 32.1 Å². The van der Waals surface area contributed by atoms with Gasteiger partial charge in [0.25, 0.3) is 0 Å². The first-order valence-corrected chi connectivity index (χ1v) is 22.4. The maximum Gasteiger partial charge on any atom is 0.305 e. The normalized spacial score (nSPS) is 20.8. The van der Waals surface area contributed by atoms with Crippen LogP contribution in [-0.4, -0.2) is 94.8 Å².